The predicted molar refractivity (Wildman–Crippen MR) is 68.0 cm³/mol. The van der Waals surface area contributed by atoms with E-state index in [1.54, 1.807) is 0 Å². The van der Waals surface area contributed by atoms with Crippen LogP contribution in [0.15, 0.2) is 35.7 Å². The third-order valence-electron chi connectivity index (χ3n) is 2.56. The lowest BCUT2D eigenvalue weighted by Crippen LogP contribution is -2.08. The fourth-order valence-corrected chi connectivity index (χ4v) is 2.22. The minimum absolute atomic E-state index is 0.00366. The van der Waals surface area contributed by atoms with Crippen LogP contribution < -0.4 is 10.5 Å². The van der Waals surface area contributed by atoms with E-state index in [4.69, 9.17) is 10.5 Å². The molecule has 1 aromatic carbocycles. The monoisotopic (exact) mass is 287 g/mol. The molecule has 0 aliphatic heterocycles. The summed E-state index contributed by atoms with van der Waals surface area (Å²) < 4.78 is 43.2. The third-order valence-corrected chi connectivity index (χ3v) is 3.41. The predicted octanol–water partition coefficient (Wildman–Crippen LogP) is 3.80. The molecule has 0 spiro atoms. The Morgan fingerprint density at radius 2 is 2.00 bits per heavy atom. The van der Waals surface area contributed by atoms with Crippen molar-refractivity contribution in [1.82, 2.24) is 0 Å². The molecule has 2 aromatic rings. The number of hydrogen-bond donors (Lipinski definition) is 1. The summed E-state index contributed by atoms with van der Waals surface area (Å²) >= 11 is 1.53. The second-order valence-electron chi connectivity index (χ2n) is 3.89. The molecule has 0 unspecified atom stereocenters. The average molecular weight is 287 g/mol. The van der Waals surface area contributed by atoms with Gasteiger partial charge in [0, 0.05) is 17.0 Å². The molecule has 102 valence electrons. The van der Waals surface area contributed by atoms with Gasteiger partial charge in [0.1, 0.15) is 12.4 Å². The van der Waals surface area contributed by atoms with E-state index in [9.17, 15) is 13.2 Å². The van der Waals surface area contributed by atoms with Crippen molar-refractivity contribution in [3.8, 4) is 5.75 Å². The van der Waals surface area contributed by atoms with Gasteiger partial charge >= 0.3 is 6.18 Å². The van der Waals surface area contributed by atoms with E-state index < -0.39 is 11.7 Å². The first-order valence-electron chi connectivity index (χ1n) is 5.56. The van der Waals surface area contributed by atoms with Crippen molar-refractivity contribution < 1.29 is 17.9 Å². The molecule has 19 heavy (non-hydrogen) atoms. The molecule has 2 N–H and O–H groups in total. The normalized spacial score (nSPS) is 11.6. The Kier molecular flexibility index (Phi) is 4.11. The van der Waals surface area contributed by atoms with Crippen LogP contribution in [0.1, 0.15) is 16.0 Å². The molecule has 0 atom stereocenters. The van der Waals surface area contributed by atoms with Crippen LogP contribution in [0.2, 0.25) is 0 Å². The molecular weight excluding hydrogens is 275 g/mol. The van der Waals surface area contributed by atoms with Gasteiger partial charge in [0.05, 0.1) is 5.56 Å². The molecular formula is C13H12F3NOS. The summed E-state index contributed by atoms with van der Waals surface area (Å²) in [6.07, 6.45) is -4.36. The van der Waals surface area contributed by atoms with Gasteiger partial charge < -0.3 is 10.5 Å². The smallest absolute Gasteiger partial charge is 0.416 e. The van der Waals surface area contributed by atoms with Crippen LogP contribution in [-0.4, -0.2) is 0 Å². The first kappa shape index (κ1) is 13.9. The van der Waals surface area contributed by atoms with Gasteiger partial charge in [-0.25, -0.2) is 0 Å². The summed E-state index contributed by atoms with van der Waals surface area (Å²) in [5, 5.41) is 1.91. The Hall–Kier alpha value is -1.53. The topological polar surface area (TPSA) is 35.2 Å². The molecule has 0 aliphatic carbocycles. The van der Waals surface area contributed by atoms with Crippen molar-refractivity contribution >= 4 is 11.3 Å². The molecule has 0 aliphatic rings. The number of hydrogen-bond acceptors (Lipinski definition) is 3. The Balaban J connectivity index is 2.16. The van der Waals surface area contributed by atoms with E-state index in [-0.39, 0.29) is 6.54 Å². The molecule has 0 amide bonds. The lowest BCUT2D eigenvalue weighted by molar-refractivity contribution is -0.137. The van der Waals surface area contributed by atoms with Gasteiger partial charge in [0.25, 0.3) is 0 Å². The Labute approximate surface area is 112 Å². The van der Waals surface area contributed by atoms with Gasteiger partial charge in [-0.15, -0.1) is 11.3 Å². The lowest BCUT2D eigenvalue weighted by Gasteiger charge is -2.13. The van der Waals surface area contributed by atoms with Gasteiger partial charge in [-0.1, -0.05) is 6.07 Å². The van der Waals surface area contributed by atoms with Gasteiger partial charge in [-0.2, -0.15) is 13.2 Å². The van der Waals surface area contributed by atoms with Crippen LogP contribution >= 0.6 is 11.3 Å². The highest BCUT2D eigenvalue weighted by atomic mass is 32.1. The molecule has 0 fully saturated rings. The number of benzene rings is 1. The fourth-order valence-electron chi connectivity index (χ4n) is 1.60. The molecule has 6 heteroatoms. The molecule has 0 bridgehead atoms. The molecule has 0 saturated carbocycles. The van der Waals surface area contributed by atoms with Crippen molar-refractivity contribution in [3.63, 3.8) is 0 Å². The highest BCUT2D eigenvalue weighted by Gasteiger charge is 2.31. The number of alkyl halides is 3. The van der Waals surface area contributed by atoms with Crippen LogP contribution in [0.5, 0.6) is 5.75 Å². The van der Waals surface area contributed by atoms with Gasteiger partial charge in [0.15, 0.2) is 0 Å². The van der Waals surface area contributed by atoms with Gasteiger partial charge in [-0.3, -0.25) is 0 Å². The number of thiophene rings is 1. The van der Waals surface area contributed by atoms with E-state index in [1.165, 1.54) is 17.4 Å². The molecule has 2 nitrogen and oxygen atoms in total. The maximum Gasteiger partial charge on any atom is 0.416 e. The number of rotatable bonds is 4. The van der Waals surface area contributed by atoms with Crippen LogP contribution in [0.4, 0.5) is 13.2 Å². The maximum absolute atomic E-state index is 12.6. The second-order valence-corrected chi connectivity index (χ2v) is 4.92. The minimum atomic E-state index is -4.36. The lowest BCUT2D eigenvalue weighted by atomic mass is 10.1. The van der Waals surface area contributed by atoms with Crippen LogP contribution in [0.3, 0.4) is 0 Å². The number of halogens is 3. The van der Waals surface area contributed by atoms with E-state index in [0.717, 1.165) is 17.0 Å². The molecule has 2 rings (SSSR count). The standard InChI is InChI=1S/C13H12F3NOS/c14-13(15,16)10-3-4-12(9(6-10)7-17)18-8-11-2-1-5-19-11/h1-6H,7-8,17H2. The van der Waals surface area contributed by atoms with E-state index in [0.29, 0.717) is 17.9 Å². The SMILES string of the molecule is NCc1cc(C(F)(F)F)ccc1OCc1cccs1. The number of ether oxygens (including phenoxy) is 1. The quantitative estimate of drug-likeness (QED) is 0.928. The number of nitrogens with two attached hydrogens (primary N) is 1. The molecule has 1 heterocycles. The summed E-state index contributed by atoms with van der Waals surface area (Å²) in [5.41, 5.74) is 5.11. The van der Waals surface area contributed by atoms with Crippen molar-refractivity contribution in [2.24, 2.45) is 5.73 Å². The zero-order valence-electron chi connectivity index (χ0n) is 9.91. The first-order chi connectivity index (χ1) is 9.00. The Bertz CT molecular complexity index is 537. The summed E-state index contributed by atoms with van der Waals surface area (Å²) in [7, 11) is 0. The molecule has 0 saturated heterocycles. The summed E-state index contributed by atoms with van der Waals surface area (Å²) in [6.45, 7) is 0.333. The Morgan fingerprint density at radius 1 is 1.21 bits per heavy atom. The van der Waals surface area contributed by atoms with Crippen molar-refractivity contribution in [2.75, 3.05) is 0 Å². The maximum atomic E-state index is 12.6. The van der Waals surface area contributed by atoms with E-state index in [2.05, 4.69) is 0 Å². The largest absolute Gasteiger partial charge is 0.488 e. The second kappa shape index (κ2) is 5.63. The Morgan fingerprint density at radius 3 is 2.58 bits per heavy atom. The zero-order valence-corrected chi connectivity index (χ0v) is 10.7. The fraction of sp³-hybridized carbons (Fsp3) is 0.231. The summed E-state index contributed by atoms with van der Waals surface area (Å²) in [4.78, 5) is 1.00. The van der Waals surface area contributed by atoms with Crippen molar-refractivity contribution in [2.45, 2.75) is 19.3 Å². The van der Waals surface area contributed by atoms with Crippen LogP contribution in [-0.2, 0) is 19.3 Å². The molecule has 1 aromatic heterocycles. The molecule has 0 radical (unpaired) electrons. The summed E-state index contributed by atoms with van der Waals surface area (Å²) in [6, 6.07) is 7.14. The average Bonchev–Trinajstić information content (AvgIpc) is 2.88. The third kappa shape index (κ3) is 3.48. The van der Waals surface area contributed by atoms with Gasteiger partial charge in [0.2, 0.25) is 0 Å². The van der Waals surface area contributed by atoms with Crippen LogP contribution in [0.25, 0.3) is 0 Å². The van der Waals surface area contributed by atoms with E-state index >= 15 is 0 Å². The van der Waals surface area contributed by atoms with E-state index in [1.807, 2.05) is 17.5 Å². The summed E-state index contributed by atoms with van der Waals surface area (Å²) in [5.74, 6) is 0.393. The zero-order chi connectivity index (χ0) is 13.9. The van der Waals surface area contributed by atoms with Crippen molar-refractivity contribution in [3.05, 3.63) is 51.7 Å². The highest BCUT2D eigenvalue weighted by molar-refractivity contribution is 7.09. The first-order valence-corrected chi connectivity index (χ1v) is 6.44. The minimum Gasteiger partial charge on any atom is -0.488 e. The van der Waals surface area contributed by atoms with Gasteiger partial charge in [-0.05, 0) is 29.6 Å². The van der Waals surface area contributed by atoms with Crippen molar-refractivity contribution in [1.29, 1.82) is 0 Å². The van der Waals surface area contributed by atoms with Crippen LogP contribution in [0, 0.1) is 0 Å². The highest BCUT2D eigenvalue weighted by Crippen LogP contribution is 2.32.